The normalized spacial score (nSPS) is 14.7. The third-order valence-electron chi connectivity index (χ3n) is 7.02. The Balaban J connectivity index is 5.56. The lowest BCUT2D eigenvalue weighted by atomic mass is 9.86. The minimum Gasteiger partial charge on any atom is -0.394 e. The first-order valence-electron chi connectivity index (χ1n) is 15.7. The highest BCUT2D eigenvalue weighted by Crippen LogP contribution is 2.49. The molecule has 0 spiro atoms. The van der Waals surface area contributed by atoms with Crippen molar-refractivity contribution in [3.8, 4) is 0 Å². The van der Waals surface area contributed by atoms with E-state index in [0.717, 1.165) is 51.4 Å². The average molecular weight is 595 g/mol. The van der Waals surface area contributed by atoms with Crippen LogP contribution in [0.1, 0.15) is 129 Å². The number of Topliss-reactive ketones (excluding diaryl/α,β-unsaturated/α-hetero) is 2. The van der Waals surface area contributed by atoms with E-state index in [4.69, 9.17) is 14.2 Å². The molecule has 2 unspecified atom stereocenters. The quantitative estimate of drug-likeness (QED) is 0.0428. The van der Waals surface area contributed by atoms with Crippen molar-refractivity contribution in [2.24, 2.45) is 0 Å². The molecule has 0 saturated carbocycles. The molecular formula is C30H61NO8P+. The number of aliphatic hydroxyl groups excluding tert-OH is 2. The summed E-state index contributed by atoms with van der Waals surface area (Å²) in [6, 6.07) is 0. The van der Waals surface area contributed by atoms with E-state index in [1.807, 2.05) is 0 Å². The Morgan fingerprint density at radius 3 is 1.48 bits per heavy atom. The van der Waals surface area contributed by atoms with Gasteiger partial charge in [0.05, 0.1) is 34.4 Å². The number of phosphoric acid groups is 1. The number of unbranched alkanes of at least 4 members (excludes halogenated alkanes) is 14. The van der Waals surface area contributed by atoms with Crippen LogP contribution in [0.4, 0.5) is 0 Å². The van der Waals surface area contributed by atoms with Crippen LogP contribution in [0.3, 0.4) is 0 Å². The van der Waals surface area contributed by atoms with Gasteiger partial charge in [-0.05, 0) is 12.8 Å². The van der Waals surface area contributed by atoms with Crippen molar-refractivity contribution in [1.82, 2.24) is 0 Å². The molecule has 40 heavy (non-hydrogen) atoms. The van der Waals surface area contributed by atoms with Gasteiger partial charge in [-0.1, -0.05) is 104 Å². The molecule has 0 bridgehead atoms. The third kappa shape index (κ3) is 18.7. The lowest BCUT2D eigenvalue weighted by Crippen LogP contribution is -2.59. The maximum absolute atomic E-state index is 13.7. The van der Waals surface area contributed by atoms with Gasteiger partial charge in [0.1, 0.15) is 12.6 Å². The zero-order valence-corrected chi connectivity index (χ0v) is 27.1. The van der Waals surface area contributed by atoms with E-state index < -0.39 is 44.3 Å². The highest BCUT2D eigenvalue weighted by Gasteiger charge is 2.54. The predicted molar refractivity (Wildman–Crippen MR) is 160 cm³/mol. The number of likely N-dealkylation sites (N-methyl/N-ethyl adjacent to an activating group) is 1. The fourth-order valence-corrected chi connectivity index (χ4v) is 5.90. The fourth-order valence-electron chi connectivity index (χ4n) is 4.83. The van der Waals surface area contributed by atoms with E-state index in [1.165, 1.54) is 38.5 Å². The summed E-state index contributed by atoms with van der Waals surface area (Å²) in [6.45, 7) is 2.91. The molecule has 9 nitrogen and oxygen atoms in total. The highest BCUT2D eigenvalue weighted by atomic mass is 31.2. The Morgan fingerprint density at radius 2 is 1.12 bits per heavy atom. The van der Waals surface area contributed by atoms with Gasteiger partial charge in [-0.15, -0.1) is 0 Å². The maximum atomic E-state index is 13.7. The number of ketones is 2. The van der Waals surface area contributed by atoms with Gasteiger partial charge in [0.15, 0.2) is 11.6 Å². The predicted octanol–water partition coefficient (Wildman–Crippen LogP) is 6.12. The number of phosphoric ester groups is 1. The first-order chi connectivity index (χ1) is 18.8. The van der Waals surface area contributed by atoms with E-state index in [2.05, 4.69) is 13.8 Å². The summed E-state index contributed by atoms with van der Waals surface area (Å²) in [5, 5.41) is 18.6. The molecule has 0 aliphatic rings. The molecule has 3 N–H and O–H groups in total. The van der Waals surface area contributed by atoms with Crippen LogP contribution in [0.25, 0.3) is 0 Å². The molecule has 10 heteroatoms. The lowest BCUT2D eigenvalue weighted by Gasteiger charge is -2.37. The van der Waals surface area contributed by atoms with Crippen molar-refractivity contribution in [3.05, 3.63) is 0 Å². The summed E-state index contributed by atoms with van der Waals surface area (Å²) >= 11 is 0. The number of carbonyl (C=O) groups is 2. The summed E-state index contributed by atoms with van der Waals surface area (Å²) in [7, 11) is 0.468. The summed E-state index contributed by atoms with van der Waals surface area (Å²) in [4.78, 5) is 38.0. The molecule has 0 radical (unpaired) electrons. The number of quaternary nitrogens is 1. The number of carbonyl (C=O) groups excluding carboxylic acids is 2. The minimum absolute atomic E-state index is 0.0669. The lowest BCUT2D eigenvalue weighted by molar-refractivity contribution is -0.874. The highest BCUT2D eigenvalue weighted by molar-refractivity contribution is 7.47. The molecule has 238 valence electrons. The smallest absolute Gasteiger partial charge is 0.394 e. The fraction of sp³-hybridized carbons (Fsp3) is 0.933. The van der Waals surface area contributed by atoms with Gasteiger partial charge in [0.25, 0.3) is 0 Å². The van der Waals surface area contributed by atoms with Crippen LogP contribution in [-0.4, -0.2) is 83.8 Å². The van der Waals surface area contributed by atoms with Crippen LogP contribution in [0.2, 0.25) is 0 Å². The second-order valence-electron chi connectivity index (χ2n) is 12.3. The minimum atomic E-state index is -4.92. The number of nitrogens with zero attached hydrogens (tertiary/aromatic N) is 1. The zero-order chi connectivity index (χ0) is 30.5. The number of rotatable bonds is 28. The van der Waals surface area contributed by atoms with Crippen molar-refractivity contribution < 1.29 is 42.8 Å². The van der Waals surface area contributed by atoms with Gasteiger partial charge in [-0.3, -0.25) is 18.6 Å². The molecule has 0 aromatic carbocycles. The van der Waals surface area contributed by atoms with Crippen LogP contribution in [0, 0.1) is 0 Å². The Bertz CT molecular complexity index is 693. The van der Waals surface area contributed by atoms with Gasteiger partial charge in [-0.2, -0.15) is 0 Å². The molecule has 2 atom stereocenters. The molecule has 0 heterocycles. The summed E-state index contributed by atoms with van der Waals surface area (Å²) in [5.41, 5.74) is -2.13. The summed E-state index contributed by atoms with van der Waals surface area (Å²) < 4.78 is 23.6. The van der Waals surface area contributed by atoms with Crippen LogP contribution >= 0.6 is 7.82 Å². The molecule has 0 rings (SSSR count). The van der Waals surface area contributed by atoms with Crippen molar-refractivity contribution >= 4 is 19.4 Å². The SMILES string of the molecule is CCCCCCCCCCC(=O)C(C[N+](C)(C)C)(OP(=O)(O)OCC(O)CO)C(=O)CCCCCCCCCC. The van der Waals surface area contributed by atoms with E-state index in [0.29, 0.717) is 12.8 Å². The van der Waals surface area contributed by atoms with Crippen LogP contribution in [0.5, 0.6) is 0 Å². The van der Waals surface area contributed by atoms with Crippen LogP contribution in [0.15, 0.2) is 0 Å². The molecule has 0 amide bonds. The standard InChI is InChI=1S/C30H60NO8P/c1-6-8-10-12-14-16-18-20-22-28(34)30(26-31(3,4)5,39-40(36,37)38-25-27(33)24-32)29(35)23-21-19-17-15-13-11-9-7-2/h27,32-33H,6-26H2,1-5H3/p+1. The van der Waals surface area contributed by atoms with Crippen LogP contribution in [-0.2, 0) is 23.2 Å². The Labute approximate surface area is 244 Å². The molecule has 0 aliphatic carbocycles. The maximum Gasteiger partial charge on any atom is 0.473 e. The Hall–Kier alpha value is -0.670. The molecular weight excluding hydrogens is 533 g/mol. The van der Waals surface area contributed by atoms with Gasteiger partial charge >= 0.3 is 7.82 Å². The Kier molecular flexibility index (Phi) is 21.6. The number of hydrogen-bond acceptors (Lipinski definition) is 7. The van der Waals surface area contributed by atoms with Gasteiger partial charge in [0, 0.05) is 12.8 Å². The average Bonchev–Trinajstić information content (AvgIpc) is 2.88. The Morgan fingerprint density at radius 1 is 0.750 bits per heavy atom. The van der Waals surface area contributed by atoms with Crippen LogP contribution < -0.4 is 0 Å². The van der Waals surface area contributed by atoms with Crippen molar-refractivity contribution in [2.45, 2.75) is 141 Å². The van der Waals surface area contributed by atoms with E-state index in [-0.39, 0.29) is 23.9 Å². The number of hydrogen-bond donors (Lipinski definition) is 3. The first kappa shape index (κ1) is 39.3. The monoisotopic (exact) mass is 594 g/mol. The van der Waals surface area contributed by atoms with Gasteiger partial charge in [-0.25, -0.2) is 4.57 Å². The third-order valence-corrected chi connectivity index (χ3v) is 8.04. The molecule has 0 aromatic rings. The van der Waals surface area contributed by atoms with Crippen molar-refractivity contribution in [3.63, 3.8) is 0 Å². The molecule has 0 aliphatic heterocycles. The second kappa shape index (κ2) is 21.9. The van der Waals surface area contributed by atoms with Crippen molar-refractivity contribution in [1.29, 1.82) is 0 Å². The molecule has 0 saturated heterocycles. The summed E-state index contributed by atoms with van der Waals surface area (Å²) in [5.74, 6) is -1.01. The first-order valence-corrected chi connectivity index (χ1v) is 17.2. The molecule has 0 aromatic heterocycles. The molecule has 0 fully saturated rings. The van der Waals surface area contributed by atoms with E-state index in [1.54, 1.807) is 21.1 Å². The van der Waals surface area contributed by atoms with Gasteiger partial charge in [0.2, 0.25) is 5.60 Å². The summed E-state index contributed by atoms with van der Waals surface area (Å²) in [6.07, 6.45) is 15.3. The van der Waals surface area contributed by atoms with Crippen molar-refractivity contribution in [2.75, 3.05) is 40.9 Å². The largest absolute Gasteiger partial charge is 0.473 e. The van der Waals surface area contributed by atoms with E-state index in [9.17, 15) is 24.2 Å². The number of aliphatic hydroxyl groups is 2. The second-order valence-corrected chi connectivity index (χ2v) is 13.6. The van der Waals surface area contributed by atoms with E-state index >= 15 is 0 Å². The topological polar surface area (TPSA) is 130 Å². The van der Waals surface area contributed by atoms with Gasteiger partial charge < -0.3 is 19.6 Å². The zero-order valence-electron chi connectivity index (χ0n) is 26.2.